The van der Waals surface area contributed by atoms with Gasteiger partial charge in [-0.1, -0.05) is 11.8 Å². The number of carbonyl (C=O) groups excluding carboxylic acids is 1. The third-order valence-electron chi connectivity index (χ3n) is 2.82. The molecule has 0 N–H and O–H groups in total. The van der Waals surface area contributed by atoms with Gasteiger partial charge in [-0.25, -0.2) is 4.98 Å². The summed E-state index contributed by atoms with van der Waals surface area (Å²) in [6, 6.07) is 4.06. The van der Waals surface area contributed by atoms with Crippen molar-refractivity contribution in [2.45, 2.75) is 25.3 Å². The fraction of sp³-hybridized carbons (Fsp3) is 0.538. The Kier molecular flexibility index (Phi) is 4.18. The van der Waals surface area contributed by atoms with E-state index in [9.17, 15) is 4.79 Å². The first kappa shape index (κ1) is 12.6. The summed E-state index contributed by atoms with van der Waals surface area (Å²) in [6.45, 7) is 5.34. The average molecular weight is 251 g/mol. The fourth-order valence-corrected chi connectivity index (χ4v) is 2.93. The van der Waals surface area contributed by atoms with Gasteiger partial charge in [0, 0.05) is 18.2 Å². The zero-order chi connectivity index (χ0) is 12.3. The largest absolute Gasteiger partial charge is 0.381 e. The van der Waals surface area contributed by atoms with Gasteiger partial charge in [-0.15, -0.1) is 0 Å². The molecule has 4 heteroatoms. The Hall–Kier alpha value is -0.870. The number of hydrogen-bond acceptors (Lipinski definition) is 4. The van der Waals surface area contributed by atoms with Crippen LogP contribution in [0, 0.1) is 19.8 Å². The Balaban J connectivity index is 1.90. The Bertz CT molecular complexity index is 394. The van der Waals surface area contributed by atoms with E-state index in [-0.39, 0.29) is 11.7 Å². The summed E-state index contributed by atoms with van der Waals surface area (Å²) in [5.74, 6) is 0.895. The molecule has 0 radical (unpaired) electrons. The number of carbonyl (C=O) groups is 1. The highest BCUT2D eigenvalue weighted by molar-refractivity contribution is 7.99. The summed E-state index contributed by atoms with van der Waals surface area (Å²) >= 11 is 1.53. The molecular formula is C13H17NO2S. The van der Waals surface area contributed by atoms with Gasteiger partial charge in [0.25, 0.3) is 0 Å². The Labute approximate surface area is 106 Å². The van der Waals surface area contributed by atoms with Gasteiger partial charge in [-0.3, -0.25) is 4.79 Å². The van der Waals surface area contributed by atoms with E-state index in [2.05, 4.69) is 4.98 Å². The topological polar surface area (TPSA) is 39.2 Å². The molecule has 0 aliphatic carbocycles. The van der Waals surface area contributed by atoms with Crippen molar-refractivity contribution >= 4 is 17.5 Å². The van der Waals surface area contributed by atoms with Crippen molar-refractivity contribution in [2.75, 3.05) is 19.0 Å². The lowest BCUT2D eigenvalue weighted by molar-refractivity contribution is -0.120. The number of hydrogen-bond donors (Lipinski definition) is 0. The Morgan fingerprint density at radius 2 is 2.35 bits per heavy atom. The lowest BCUT2D eigenvalue weighted by Gasteiger charge is -2.06. The molecule has 1 fully saturated rings. The van der Waals surface area contributed by atoms with Gasteiger partial charge in [0.05, 0.1) is 17.4 Å². The van der Waals surface area contributed by atoms with Crippen molar-refractivity contribution in [3.05, 3.63) is 23.4 Å². The molecule has 0 aromatic carbocycles. The Morgan fingerprint density at radius 1 is 1.53 bits per heavy atom. The lowest BCUT2D eigenvalue weighted by Crippen LogP contribution is -2.16. The van der Waals surface area contributed by atoms with Gasteiger partial charge >= 0.3 is 0 Å². The molecule has 17 heavy (non-hydrogen) atoms. The van der Waals surface area contributed by atoms with Gasteiger partial charge in [0.15, 0.2) is 0 Å². The van der Waals surface area contributed by atoms with Crippen LogP contribution in [0.2, 0.25) is 0 Å². The Morgan fingerprint density at radius 3 is 3.00 bits per heavy atom. The summed E-state index contributed by atoms with van der Waals surface area (Å²) in [7, 11) is 0. The van der Waals surface area contributed by atoms with E-state index >= 15 is 0 Å². The number of nitrogens with zero attached hydrogens (tertiary/aromatic N) is 1. The van der Waals surface area contributed by atoms with Crippen LogP contribution in [0.4, 0.5) is 0 Å². The number of ketones is 1. The van der Waals surface area contributed by atoms with Gasteiger partial charge in [0.1, 0.15) is 5.78 Å². The first-order valence-corrected chi connectivity index (χ1v) is 6.82. The standard InChI is InChI=1S/C13H17NO2S/c1-9-5-10(2)14-13(6-9)17-8-12(15)11-3-4-16-7-11/h5-6,11H,3-4,7-8H2,1-2H3. The van der Waals surface area contributed by atoms with Crippen LogP contribution >= 0.6 is 11.8 Å². The predicted octanol–water partition coefficient (Wildman–Crippen LogP) is 2.40. The monoisotopic (exact) mass is 251 g/mol. The molecule has 1 aliphatic heterocycles. The molecule has 1 aliphatic rings. The molecule has 0 spiro atoms. The van der Waals surface area contributed by atoms with E-state index < -0.39 is 0 Å². The molecule has 0 amide bonds. The smallest absolute Gasteiger partial charge is 0.148 e. The summed E-state index contributed by atoms with van der Waals surface area (Å²) in [5.41, 5.74) is 2.20. The average Bonchev–Trinajstić information content (AvgIpc) is 2.78. The highest BCUT2D eigenvalue weighted by atomic mass is 32.2. The maximum atomic E-state index is 11.9. The molecule has 1 aromatic heterocycles. The highest BCUT2D eigenvalue weighted by Gasteiger charge is 2.23. The molecule has 2 rings (SSSR count). The number of pyridine rings is 1. The normalized spacial score (nSPS) is 19.5. The minimum absolute atomic E-state index is 0.105. The minimum atomic E-state index is 0.105. The second-order valence-electron chi connectivity index (χ2n) is 4.44. The van der Waals surface area contributed by atoms with Crippen LogP contribution < -0.4 is 0 Å². The lowest BCUT2D eigenvalue weighted by atomic mass is 10.1. The van der Waals surface area contributed by atoms with Crippen LogP contribution in [0.15, 0.2) is 17.2 Å². The zero-order valence-electron chi connectivity index (χ0n) is 10.2. The maximum Gasteiger partial charge on any atom is 0.148 e. The van der Waals surface area contributed by atoms with Crippen molar-refractivity contribution in [3.8, 4) is 0 Å². The molecule has 2 heterocycles. The van der Waals surface area contributed by atoms with Crippen LogP contribution in [0.1, 0.15) is 17.7 Å². The van der Waals surface area contributed by atoms with Crippen LogP contribution in [0.3, 0.4) is 0 Å². The second-order valence-corrected chi connectivity index (χ2v) is 5.44. The molecular weight excluding hydrogens is 234 g/mol. The number of aryl methyl sites for hydroxylation is 2. The summed E-state index contributed by atoms with van der Waals surface area (Å²) in [6.07, 6.45) is 0.875. The molecule has 92 valence electrons. The third-order valence-corrected chi connectivity index (χ3v) is 3.76. The number of thioether (sulfide) groups is 1. The molecule has 1 atom stereocenters. The molecule has 1 aromatic rings. The van der Waals surface area contributed by atoms with E-state index in [1.807, 2.05) is 26.0 Å². The number of rotatable bonds is 4. The summed E-state index contributed by atoms with van der Waals surface area (Å²) in [4.78, 5) is 16.3. The van der Waals surface area contributed by atoms with Crippen molar-refractivity contribution in [3.63, 3.8) is 0 Å². The van der Waals surface area contributed by atoms with Crippen LogP contribution in [-0.4, -0.2) is 29.7 Å². The van der Waals surface area contributed by atoms with Crippen LogP contribution in [0.25, 0.3) is 0 Å². The fourth-order valence-electron chi connectivity index (χ4n) is 1.93. The molecule has 1 saturated heterocycles. The molecule has 0 saturated carbocycles. The third kappa shape index (κ3) is 3.54. The summed E-state index contributed by atoms with van der Waals surface area (Å²) in [5, 5.41) is 0.940. The predicted molar refractivity (Wildman–Crippen MR) is 68.4 cm³/mol. The quantitative estimate of drug-likeness (QED) is 0.770. The van der Waals surface area contributed by atoms with Crippen molar-refractivity contribution in [2.24, 2.45) is 5.92 Å². The highest BCUT2D eigenvalue weighted by Crippen LogP contribution is 2.21. The van der Waals surface area contributed by atoms with Crippen molar-refractivity contribution in [1.82, 2.24) is 4.98 Å². The van der Waals surface area contributed by atoms with E-state index in [1.165, 1.54) is 17.3 Å². The number of ether oxygens (including phenoxy) is 1. The van der Waals surface area contributed by atoms with Gasteiger partial charge in [-0.05, 0) is 38.0 Å². The zero-order valence-corrected chi connectivity index (χ0v) is 11.0. The van der Waals surface area contributed by atoms with Gasteiger partial charge < -0.3 is 4.74 Å². The van der Waals surface area contributed by atoms with Crippen molar-refractivity contribution < 1.29 is 9.53 Å². The van der Waals surface area contributed by atoms with Crippen LogP contribution in [-0.2, 0) is 9.53 Å². The first-order valence-electron chi connectivity index (χ1n) is 5.83. The maximum absolute atomic E-state index is 11.9. The first-order chi connectivity index (χ1) is 8.15. The number of aromatic nitrogens is 1. The van der Waals surface area contributed by atoms with Crippen LogP contribution in [0.5, 0.6) is 0 Å². The molecule has 0 bridgehead atoms. The van der Waals surface area contributed by atoms with Gasteiger partial charge in [-0.2, -0.15) is 0 Å². The van der Waals surface area contributed by atoms with E-state index in [1.54, 1.807) is 0 Å². The van der Waals surface area contributed by atoms with Crippen molar-refractivity contribution in [1.29, 1.82) is 0 Å². The van der Waals surface area contributed by atoms with E-state index in [0.29, 0.717) is 12.4 Å². The molecule has 1 unspecified atom stereocenters. The SMILES string of the molecule is Cc1cc(C)nc(SCC(=O)C2CCOC2)c1. The summed E-state index contributed by atoms with van der Waals surface area (Å²) < 4.78 is 5.22. The second kappa shape index (κ2) is 5.65. The minimum Gasteiger partial charge on any atom is -0.381 e. The number of Topliss-reactive ketones (excluding diaryl/α,β-unsaturated/α-hetero) is 1. The van der Waals surface area contributed by atoms with Gasteiger partial charge in [0.2, 0.25) is 0 Å². The van der Waals surface area contributed by atoms with E-state index in [0.717, 1.165) is 23.7 Å². The molecule has 3 nitrogen and oxygen atoms in total. The van der Waals surface area contributed by atoms with E-state index in [4.69, 9.17) is 4.74 Å².